The van der Waals surface area contributed by atoms with E-state index in [4.69, 9.17) is 10.2 Å². The molecule has 1 saturated heterocycles. The van der Waals surface area contributed by atoms with Crippen molar-refractivity contribution in [3.63, 3.8) is 0 Å². The molecule has 0 aliphatic carbocycles. The normalized spacial score (nSPS) is 21.5. The highest BCUT2D eigenvalue weighted by Gasteiger charge is 2.21. The molecule has 1 aromatic rings. The van der Waals surface area contributed by atoms with Gasteiger partial charge in [0.05, 0.1) is 0 Å². The van der Waals surface area contributed by atoms with Crippen LogP contribution in [0.3, 0.4) is 0 Å². The molecule has 0 amide bonds. The minimum atomic E-state index is 0.272. The lowest BCUT2D eigenvalue weighted by molar-refractivity contribution is 0.238. The maximum atomic E-state index is 9.14. The number of rotatable bonds is 2. The third kappa shape index (κ3) is 1.82. The summed E-state index contributed by atoms with van der Waals surface area (Å²) in [6.45, 7) is 2.19. The van der Waals surface area contributed by atoms with Crippen molar-refractivity contribution in [3.8, 4) is 5.75 Å². The summed E-state index contributed by atoms with van der Waals surface area (Å²) in [5.41, 5.74) is 1.12. The largest absolute Gasteiger partial charge is 0.508 e. The number of phenolic OH excluding ortho intramolecular Hbond substituents is 1. The number of phenols is 1. The Balaban J connectivity index is 2.06. The van der Waals surface area contributed by atoms with E-state index < -0.39 is 0 Å². The maximum absolute atomic E-state index is 9.14. The van der Waals surface area contributed by atoms with Crippen molar-refractivity contribution in [1.29, 1.82) is 0 Å². The molecule has 76 valence electrons. The van der Waals surface area contributed by atoms with Crippen LogP contribution in [0.5, 0.6) is 5.75 Å². The second-order valence-corrected chi connectivity index (χ2v) is 3.80. The predicted molar refractivity (Wildman–Crippen MR) is 55.5 cm³/mol. The molecular weight excluding hydrogens is 178 g/mol. The molecular formula is C11H15NO2. The molecule has 1 heterocycles. The summed E-state index contributed by atoms with van der Waals surface area (Å²) in [5.74, 6) is 0.704. The van der Waals surface area contributed by atoms with E-state index in [1.807, 2.05) is 12.1 Å². The second kappa shape index (κ2) is 3.88. The number of aliphatic hydroxyl groups is 1. The summed E-state index contributed by atoms with van der Waals surface area (Å²) >= 11 is 0. The van der Waals surface area contributed by atoms with Gasteiger partial charge in [-0.05, 0) is 30.7 Å². The lowest BCUT2D eigenvalue weighted by atomic mass is 10.1. The summed E-state index contributed by atoms with van der Waals surface area (Å²) in [7, 11) is 0. The molecule has 0 saturated carbocycles. The van der Waals surface area contributed by atoms with Gasteiger partial charge in [-0.2, -0.15) is 0 Å². The topological polar surface area (TPSA) is 43.7 Å². The summed E-state index contributed by atoms with van der Waals surface area (Å²) in [5, 5.41) is 18.1. The maximum Gasteiger partial charge on any atom is 0.115 e. The molecule has 0 spiro atoms. The first-order valence-corrected chi connectivity index (χ1v) is 4.94. The zero-order chi connectivity index (χ0) is 9.97. The van der Waals surface area contributed by atoms with Crippen molar-refractivity contribution in [3.05, 3.63) is 24.3 Å². The van der Waals surface area contributed by atoms with Gasteiger partial charge in [0.15, 0.2) is 0 Å². The van der Waals surface area contributed by atoms with E-state index in [2.05, 4.69) is 4.90 Å². The van der Waals surface area contributed by atoms with Crippen LogP contribution in [-0.4, -0.2) is 29.9 Å². The van der Waals surface area contributed by atoms with Crippen molar-refractivity contribution < 1.29 is 10.2 Å². The number of nitrogens with zero attached hydrogens (tertiary/aromatic N) is 1. The van der Waals surface area contributed by atoms with Crippen molar-refractivity contribution >= 4 is 5.69 Å². The van der Waals surface area contributed by atoms with Crippen molar-refractivity contribution in [2.24, 2.45) is 5.92 Å². The molecule has 2 rings (SSSR count). The highest BCUT2D eigenvalue weighted by atomic mass is 16.3. The van der Waals surface area contributed by atoms with E-state index in [-0.39, 0.29) is 6.61 Å². The Morgan fingerprint density at radius 2 is 2.00 bits per heavy atom. The van der Waals surface area contributed by atoms with Gasteiger partial charge in [0.25, 0.3) is 0 Å². The van der Waals surface area contributed by atoms with Gasteiger partial charge >= 0.3 is 0 Å². The summed E-state index contributed by atoms with van der Waals surface area (Å²) < 4.78 is 0. The van der Waals surface area contributed by atoms with Gasteiger partial charge in [0.1, 0.15) is 5.75 Å². The molecule has 1 aliphatic rings. The molecule has 1 aliphatic heterocycles. The average molecular weight is 193 g/mol. The van der Waals surface area contributed by atoms with Crippen molar-refractivity contribution in [2.45, 2.75) is 6.42 Å². The number of benzene rings is 1. The van der Waals surface area contributed by atoms with E-state index in [1.165, 1.54) is 0 Å². The fraction of sp³-hybridized carbons (Fsp3) is 0.455. The molecule has 3 heteroatoms. The number of anilines is 1. The Hall–Kier alpha value is -1.22. The van der Waals surface area contributed by atoms with E-state index in [0.29, 0.717) is 11.7 Å². The third-order valence-electron chi connectivity index (χ3n) is 2.76. The molecule has 1 fully saturated rings. The standard InChI is InChI=1S/C11H15NO2/c13-8-9-5-6-12(7-9)10-1-3-11(14)4-2-10/h1-4,9,13-14H,5-8H2. The fourth-order valence-corrected chi connectivity index (χ4v) is 1.88. The minimum absolute atomic E-state index is 0.272. The van der Waals surface area contributed by atoms with Gasteiger partial charge in [-0.25, -0.2) is 0 Å². The molecule has 1 unspecified atom stereocenters. The van der Waals surface area contributed by atoms with Crippen LogP contribution in [0.25, 0.3) is 0 Å². The van der Waals surface area contributed by atoms with E-state index in [9.17, 15) is 0 Å². The number of aliphatic hydroxyl groups excluding tert-OH is 1. The Kier molecular flexibility index (Phi) is 2.59. The van der Waals surface area contributed by atoms with Crippen LogP contribution in [0.15, 0.2) is 24.3 Å². The van der Waals surface area contributed by atoms with Gasteiger partial charge in [-0.3, -0.25) is 0 Å². The molecule has 0 bridgehead atoms. The summed E-state index contributed by atoms with van der Waals surface area (Å²) in [4.78, 5) is 2.24. The third-order valence-corrected chi connectivity index (χ3v) is 2.76. The molecule has 14 heavy (non-hydrogen) atoms. The lowest BCUT2D eigenvalue weighted by Crippen LogP contribution is -2.20. The molecule has 0 aromatic heterocycles. The SMILES string of the molecule is OCC1CCN(c2ccc(O)cc2)C1. The van der Waals surface area contributed by atoms with Gasteiger partial charge in [0.2, 0.25) is 0 Å². The number of aromatic hydroxyl groups is 1. The fourth-order valence-electron chi connectivity index (χ4n) is 1.88. The Morgan fingerprint density at radius 1 is 1.29 bits per heavy atom. The smallest absolute Gasteiger partial charge is 0.115 e. The minimum Gasteiger partial charge on any atom is -0.508 e. The molecule has 0 radical (unpaired) electrons. The van der Waals surface area contributed by atoms with Gasteiger partial charge < -0.3 is 15.1 Å². The Bertz CT molecular complexity index is 297. The first-order chi connectivity index (χ1) is 6.79. The van der Waals surface area contributed by atoms with E-state index >= 15 is 0 Å². The van der Waals surface area contributed by atoms with Crippen LogP contribution in [0.1, 0.15) is 6.42 Å². The number of hydrogen-bond donors (Lipinski definition) is 2. The van der Waals surface area contributed by atoms with Crippen LogP contribution >= 0.6 is 0 Å². The highest BCUT2D eigenvalue weighted by molar-refractivity contribution is 5.49. The predicted octanol–water partition coefficient (Wildman–Crippen LogP) is 1.21. The second-order valence-electron chi connectivity index (χ2n) is 3.80. The Morgan fingerprint density at radius 3 is 2.57 bits per heavy atom. The first-order valence-electron chi connectivity index (χ1n) is 4.94. The van der Waals surface area contributed by atoms with Crippen LogP contribution in [0.2, 0.25) is 0 Å². The van der Waals surface area contributed by atoms with Crippen LogP contribution in [0.4, 0.5) is 5.69 Å². The van der Waals surface area contributed by atoms with Crippen molar-refractivity contribution in [1.82, 2.24) is 0 Å². The van der Waals surface area contributed by atoms with E-state index in [1.54, 1.807) is 12.1 Å². The van der Waals surface area contributed by atoms with Crippen molar-refractivity contribution in [2.75, 3.05) is 24.6 Å². The molecule has 3 nitrogen and oxygen atoms in total. The van der Waals surface area contributed by atoms with Crippen LogP contribution in [0, 0.1) is 5.92 Å². The van der Waals surface area contributed by atoms with Crippen LogP contribution < -0.4 is 4.90 Å². The average Bonchev–Trinajstić information content (AvgIpc) is 2.67. The molecule has 1 atom stereocenters. The van der Waals surface area contributed by atoms with Gasteiger partial charge in [0, 0.05) is 31.3 Å². The zero-order valence-electron chi connectivity index (χ0n) is 8.06. The molecule has 2 N–H and O–H groups in total. The van der Waals surface area contributed by atoms with Gasteiger partial charge in [-0.1, -0.05) is 0 Å². The molecule has 1 aromatic carbocycles. The first kappa shape index (κ1) is 9.34. The van der Waals surface area contributed by atoms with Crippen LogP contribution in [-0.2, 0) is 0 Å². The summed E-state index contributed by atoms with van der Waals surface area (Å²) in [6, 6.07) is 7.22. The quantitative estimate of drug-likeness (QED) is 0.742. The monoisotopic (exact) mass is 193 g/mol. The highest BCUT2D eigenvalue weighted by Crippen LogP contribution is 2.24. The lowest BCUT2D eigenvalue weighted by Gasteiger charge is -2.18. The zero-order valence-corrected chi connectivity index (χ0v) is 8.06. The number of hydrogen-bond acceptors (Lipinski definition) is 3. The van der Waals surface area contributed by atoms with E-state index in [0.717, 1.165) is 25.2 Å². The van der Waals surface area contributed by atoms with Gasteiger partial charge in [-0.15, -0.1) is 0 Å². The Labute approximate surface area is 83.6 Å². The summed E-state index contributed by atoms with van der Waals surface area (Å²) in [6.07, 6.45) is 1.05.